The van der Waals surface area contributed by atoms with E-state index in [1.807, 2.05) is 0 Å². The van der Waals surface area contributed by atoms with Gasteiger partial charge >= 0.3 is 44.1 Å². The van der Waals surface area contributed by atoms with Gasteiger partial charge in [0.05, 0.1) is 11.8 Å². The molecule has 0 saturated carbocycles. The van der Waals surface area contributed by atoms with Gasteiger partial charge in [-0.2, -0.15) is 0 Å². The van der Waals surface area contributed by atoms with E-state index in [2.05, 4.69) is 9.39 Å². The Morgan fingerprint density at radius 3 is 1.80 bits per heavy atom. The Kier molecular flexibility index (Phi) is 10.4. The molecule has 0 amide bonds. The van der Waals surface area contributed by atoms with E-state index in [0.717, 1.165) is 0 Å². The third-order valence-electron chi connectivity index (χ3n) is 1.96. The van der Waals surface area contributed by atoms with Gasteiger partial charge in [0, 0.05) is 0 Å². The predicted octanol–water partition coefficient (Wildman–Crippen LogP) is -1.79. The fourth-order valence-electron chi connectivity index (χ4n) is 0.880. The molecule has 20 heavy (non-hydrogen) atoms. The Labute approximate surface area is 123 Å². The first-order valence-corrected chi connectivity index (χ1v) is 4.80. The molecule has 0 spiro atoms. The first kappa shape index (κ1) is 21.3. The molecule has 7 nitrogen and oxygen atoms in total. The third kappa shape index (κ3) is 6.95. The van der Waals surface area contributed by atoms with Crippen LogP contribution in [0.25, 0.3) is 0 Å². The fraction of sp³-hybridized carbons (Fsp3) is 0.625. The van der Waals surface area contributed by atoms with E-state index in [0.29, 0.717) is 0 Å². The minimum absolute atomic E-state index is 0. The summed E-state index contributed by atoms with van der Waals surface area (Å²) in [6.07, 6.45) is -1.11. The van der Waals surface area contributed by atoms with E-state index in [1.54, 1.807) is 0 Å². The summed E-state index contributed by atoms with van der Waals surface area (Å²) in [5.41, 5.74) is -2.27. The molecule has 0 aromatic rings. The van der Waals surface area contributed by atoms with Crippen molar-refractivity contribution in [3.8, 4) is 0 Å². The molecule has 0 saturated heterocycles. The molecule has 0 fully saturated rings. The first-order valence-electron chi connectivity index (χ1n) is 4.80. The van der Waals surface area contributed by atoms with Gasteiger partial charge in [-0.25, -0.2) is 9.59 Å². The molecule has 0 aromatic carbocycles. The number of ether oxygens (including phenoxy) is 1. The van der Waals surface area contributed by atoms with E-state index in [1.165, 1.54) is 0 Å². The van der Waals surface area contributed by atoms with Gasteiger partial charge in [0.1, 0.15) is 20.0 Å². The van der Waals surface area contributed by atoms with Gasteiger partial charge in [0.25, 0.3) is 0 Å². The molecule has 0 rings (SSSR count). The van der Waals surface area contributed by atoms with Crippen molar-refractivity contribution in [1.82, 2.24) is 0 Å². The molecule has 0 unspecified atom stereocenters. The van der Waals surface area contributed by atoms with Gasteiger partial charge in [0.2, 0.25) is 0 Å². The number of alkyl halides is 3. The van der Waals surface area contributed by atoms with Crippen molar-refractivity contribution >= 4 is 44.1 Å². The molecule has 12 heteroatoms. The second kappa shape index (κ2) is 9.82. The molecular formula is C8H11BF3LiO7. The second-order valence-corrected chi connectivity index (χ2v) is 3.57. The van der Waals surface area contributed by atoms with Gasteiger partial charge in [-0.15, -0.1) is 0 Å². The summed E-state index contributed by atoms with van der Waals surface area (Å²) in [7, 11) is -2.60. The number of halogens is 3. The zero-order valence-corrected chi connectivity index (χ0v) is 9.48. The number of esters is 2. The van der Waals surface area contributed by atoms with E-state index in [-0.39, 0.29) is 18.9 Å². The van der Waals surface area contributed by atoms with Gasteiger partial charge in [-0.1, -0.05) is 0 Å². The summed E-state index contributed by atoms with van der Waals surface area (Å²) in [5.74, 6) is -5.39. The Hall–Kier alpha value is -1.02. The summed E-state index contributed by atoms with van der Waals surface area (Å²) >= 11 is 0. The summed E-state index contributed by atoms with van der Waals surface area (Å²) in [5, 5.41) is 16.4. The van der Waals surface area contributed by atoms with Crippen LogP contribution in [0.1, 0.15) is 6.42 Å². The van der Waals surface area contributed by atoms with Gasteiger partial charge in [-0.05, 0) is 0 Å². The molecular weight excluding hydrogens is 283 g/mol. The molecule has 0 radical (unpaired) electrons. The van der Waals surface area contributed by atoms with Crippen molar-refractivity contribution in [2.45, 2.75) is 6.42 Å². The molecule has 0 atom stereocenters. The standard InChI is InChI=1S/C8H10BF3O7.Li.H/c10-2-8(3-11,4-12)1-5(13)18-6(14)7(15)19-9(16)17;;/h16-17H,1-4H2;;. The monoisotopic (exact) mass is 294 g/mol. The van der Waals surface area contributed by atoms with Gasteiger partial charge < -0.3 is 19.4 Å². The normalized spacial score (nSPS) is 10.2. The molecule has 110 valence electrons. The van der Waals surface area contributed by atoms with Crippen molar-refractivity contribution < 1.29 is 47.0 Å². The number of hydrogen-bond donors (Lipinski definition) is 2. The summed E-state index contributed by atoms with van der Waals surface area (Å²) < 4.78 is 44.6. The fourth-order valence-corrected chi connectivity index (χ4v) is 0.880. The third-order valence-corrected chi connectivity index (χ3v) is 1.96. The second-order valence-electron chi connectivity index (χ2n) is 3.57. The average Bonchev–Trinajstić information content (AvgIpc) is 2.35. The van der Waals surface area contributed by atoms with Crippen LogP contribution in [0.4, 0.5) is 13.2 Å². The van der Waals surface area contributed by atoms with Crippen LogP contribution in [-0.2, 0) is 23.8 Å². The Morgan fingerprint density at radius 2 is 1.45 bits per heavy atom. The summed E-state index contributed by atoms with van der Waals surface area (Å²) in [4.78, 5) is 32.6. The van der Waals surface area contributed by atoms with Crippen LogP contribution in [0.5, 0.6) is 0 Å². The molecule has 0 bridgehead atoms. The van der Waals surface area contributed by atoms with Crippen molar-refractivity contribution in [1.29, 1.82) is 0 Å². The van der Waals surface area contributed by atoms with E-state index >= 15 is 0 Å². The van der Waals surface area contributed by atoms with Crippen LogP contribution >= 0.6 is 0 Å². The number of carbonyl (C=O) groups is 3. The van der Waals surface area contributed by atoms with E-state index in [4.69, 9.17) is 10.0 Å². The predicted molar refractivity (Wildman–Crippen MR) is 59.5 cm³/mol. The molecule has 0 aromatic heterocycles. The Morgan fingerprint density at radius 1 is 1.00 bits per heavy atom. The minimum atomic E-state index is -2.60. The quantitative estimate of drug-likeness (QED) is 0.257. The van der Waals surface area contributed by atoms with Crippen molar-refractivity contribution in [2.75, 3.05) is 20.0 Å². The first-order chi connectivity index (χ1) is 8.80. The van der Waals surface area contributed by atoms with E-state index in [9.17, 15) is 27.6 Å². The topological polar surface area (TPSA) is 110 Å². The van der Waals surface area contributed by atoms with Crippen LogP contribution in [0.15, 0.2) is 0 Å². The molecule has 0 aliphatic heterocycles. The zero-order valence-electron chi connectivity index (χ0n) is 9.48. The van der Waals surface area contributed by atoms with Crippen molar-refractivity contribution in [3.63, 3.8) is 0 Å². The maximum absolute atomic E-state index is 12.4. The van der Waals surface area contributed by atoms with Gasteiger partial charge in [0.15, 0.2) is 0 Å². The summed E-state index contributed by atoms with van der Waals surface area (Å²) in [6, 6.07) is 0. The number of hydrogen-bond acceptors (Lipinski definition) is 7. The molecule has 0 aliphatic rings. The van der Waals surface area contributed by atoms with Crippen LogP contribution in [0.3, 0.4) is 0 Å². The summed E-state index contributed by atoms with van der Waals surface area (Å²) in [6.45, 7) is -4.53. The van der Waals surface area contributed by atoms with Crippen molar-refractivity contribution in [3.05, 3.63) is 0 Å². The molecule has 2 N–H and O–H groups in total. The van der Waals surface area contributed by atoms with Crippen LogP contribution in [-0.4, -0.2) is 74.2 Å². The molecule has 0 aliphatic carbocycles. The van der Waals surface area contributed by atoms with Crippen LogP contribution in [0.2, 0.25) is 0 Å². The van der Waals surface area contributed by atoms with Crippen molar-refractivity contribution in [2.24, 2.45) is 5.41 Å². The maximum atomic E-state index is 12.4. The zero-order chi connectivity index (χ0) is 15.1. The van der Waals surface area contributed by atoms with E-state index < -0.39 is 57.1 Å². The van der Waals surface area contributed by atoms with Crippen LogP contribution in [0, 0.1) is 5.41 Å². The number of rotatable bonds is 6. The molecule has 0 heterocycles. The van der Waals surface area contributed by atoms with Gasteiger partial charge in [-0.3, -0.25) is 18.0 Å². The SMILES string of the molecule is O=C(CC(CF)(CF)CF)OC(=O)C(=O)OB(O)O.[LiH]. The average molecular weight is 294 g/mol. The Bertz CT molecular complexity index is 343. The number of carbonyl (C=O) groups excluding carboxylic acids is 3. The van der Waals surface area contributed by atoms with Crippen LogP contribution < -0.4 is 0 Å². The Balaban J connectivity index is 0.